The molecule has 1 aliphatic carbocycles. The van der Waals surface area contributed by atoms with E-state index in [9.17, 15) is 0 Å². The maximum atomic E-state index is 5.85. The first kappa shape index (κ1) is 14.0. The summed E-state index contributed by atoms with van der Waals surface area (Å²) in [4.78, 5) is 0. The van der Waals surface area contributed by atoms with Gasteiger partial charge in [-0.15, -0.1) is 0 Å². The fourth-order valence-electron chi connectivity index (χ4n) is 1.87. The van der Waals surface area contributed by atoms with Crippen molar-refractivity contribution >= 4 is 31.9 Å². The van der Waals surface area contributed by atoms with Crippen LogP contribution in [0, 0.1) is 17.3 Å². The first-order valence-electron chi connectivity index (χ1n) is 5.81. The van der Waals surface area contributed by atoms with Crippen molar-refractivity contribution in [3.8, 4) is 0 Å². The maximum absolute atomic E-state index is 5.85. The van der Waals surface area contributed by atoms with Crippen LogP contribution in [0.4, 0.5) is 0 Å². The highest BCUT2D eigenvalue weighted by Gasteiger charge is 2.30. The quantitative estimate of drug-likeness (QED) is 0.600. The standard InChI is InChI=1S/C12H22Br2O/c1-10(2)5-12(7-13,8-14)9-15-6-11-3-4-11/h10-11H,3-9H2,1-2H3. The largest absolute Gasteiger partial charge is 0.381 e. The van der Waals surface area contributed by atoms with Gasteiger partial charge in [0.15, 0.2) is 0 Å². The minimum atomic E-state index is 0.281. The summed E-state index contributed by atoms with van der Waals surface area (Å²) in [6, 6.07) is 0. The van der Waals surface area contributed by atoms with Crippen molar-refractivity contribution in [2.45, 2.75) is 33.1 Å². The van der Waals surface area contributed by atoms with Gasteiger partial charge >= 0.3 is 0 Å². The smallest absolute Gasteiger partial charge is 0.0538 e. The molecule has 15 heavy (non-hydrogen) atoms. The minimum absolute atomic E-state index is 0.281. The fourth-order valence-corrected chi connectivity index (χ4v) is 3.58. The Hall–Kier alpha value is 0.920. The molecule has 0 radical (unpaired) electrons. The predicted molar refractivity (Wildman–Crippen MR) is 73.0 cm³/mol. The van der Waals surface area contributed by atoms with Crippen molar-refractivity contribution in [2.75, 3.05) is 23.9 Å². The van der Waals surface area contributed by atoms with Crippen LogP contribution in [0.25, 0.3) is 0 Å². The van der Waals surface area contributed by atoms with Crippen molar-refractivity contribution in [3.63, 3.8) is 0 Å². The Morgan fingerprint density at radius 2 is 1.87 bits per heavy atom. The summed E-state index contributed by atoms with van der Waals surface area (Å²) in [5.41, 5.74) is 0.281. The Balaban J connectivity index is 2.31. The van der Waals surface area contributed by atoms with Crippen LogP contribution in [0.5, 0.6) is 0 Å². The van der Waals surface area contributed by atoms with Gasteiger partial charge in [0, 0.05) is 22.7 Å². The lowest BCUT2D eigenvalue weighted by molar-refractivity contribution is 0.0514. The lowest BCUT2D eigenvalue weighted by Gasteiger charge is -2.31. The number of halogens is 2. The number of ether oxygens (including phenoxy) is 1. The second-order valence-electron chi connectivity index (χ2n) is 5.32. The van der Waals surface area contributed by atoms with E-state index in [1.165, 1.54) is 19.3 Å². The van der Waals surface area contributed by atoms with Gasteiger partial charge in [0.05, 0.1) is 6.61 Å². The van der Waals surface area contributed by atoms with Crippen LogP contribution < -0.4 is 0 Å². The molecule has 0 spiro atoms. The third kappa shape index (κ3) is 5.18. The molecule has 0 aromatic carbocycles. The summed E-state index contributed by atoms with van der Waals surface area (Å²) in [6.07, 6.45) is 3.97. The molecule has 1 rings (SSSR count). The highest BCUT2D eigenvalue weighted by molar-refractivity contribution is 9.09. The second-order valence-corrected chi connectivity index (χ2v) is 6.45. The van der Waals surface area contributed by atoms with E-state index in [0.29, 0.717) is 0 Å². The van der Waals surface area contributed by atoms with E-state index in [0.717, 1.165) is 35.7 Å². The predicted octanol–water partition coefficient (Wildman–Crippen LogP) is 4.24. The van der Waals surface area contributed by atoms with Crippen molar-refractivity contribution in [1.82, 2.24) is 0 Å². The molecule has 0 bridgehead atoms. The molecule has 0 saturated heterocycles. The Bertz CT molecular complexity index is 174. The molecule has 0 aliphatic heterocycles. The van der Waals surface area contributed by atoms with Crippen LogP contribution in [-0.2, 0) is 4.74 Å². The molecule has 1 nitrogen and oxygen atoms in total. The van der Waals surface area contributed by atoms with Gasteiger partial charge in [0.1, 0.15) is 0 Å². The molecule has 1 fully saturated rings. The third-order valence-corrected chi connectivity index (χ3v) is 5.25. The van der Waals surface area contributed by atoms with Gasteiger partial charge in [-0.25, -0.2) is 0 Å². The summed E-state index contributed by atoms with van der Waals surface area (Å²) < 4.78 is 5.85. The van der Waals surface area contributed by atoms with Crippen LogP contribution in [0.2, 0.25) is 0 Å². The normalized spacial score (nSPS) is 17.4. The van der Waals surface area contributed by atoms with Gasteiger partial charge in [0.25, 0.3) is 0 Å². The fraction of sp³-hybridized carbons (Fsp3) is 1.00. The summed E-state index contributed by atoms with van der Waals surface area (Å²) in [7, 11) is 0. The van der Waals surface area contributed by atoms with E-state index >= 15 is 0 Å². The second kappa shape index (κ2) is 6.61. The first-order chi connectivity index (χ1) is 7.12. The van der Waals surface area contributed by atoms with Crippen LogP contribution in [-0.4, -0.2) is 23.9 Å². The molecule has 0 aromatic rings. The van der Waals surface area contributed by atoms with Crippen LogP contribution in [0.1, 0.15) is 33.1 Å². The van der Waals surface area contributed by atoms with Gasteiger partial charge in [0.2, 0.25) is 0 Å². The van der Waals surface area contributed by atoms with E-state index in [1.807, 2.05) is 0 Å². The van der Waals surface area contributed by atoms with E-state index < -0.39 is 0 Å². The van der Waals surface area contributed by atoms with Gasteiger partial charge in [-0.05, 0) is 31.1 Å². The Kier molecular flexibility index (Phi) is 6.16. The van der Waals surface area contributed by atoms with Crippen molar-refractivity contribution in [2.24, 2.45) is 17.3 Å². The Morgan fingerprint density at radius 3 is 2.27 bits per heavy atom. The molecule has 1 saturated carbocycles. The van der Waals surface area contributed by atoms with Gasteiger partial charge in [-0.3, -0.25) is 0 Å². The number of hydrogen-bond donors (Lipinski definition) is 0. The zero-order chi connectivity index (χ0) is 11.3. The molecule has 0 aromatic heterocycles. The summed E-state index contributed by atoms with van der Waals surface area (Å²) >= 11 is 7.27. The summed E-state index contributed by atoms with van der Waals surface area (Å²) in [6.45, 7) is 6.42. The van der Waals surface area contributed by atoms with E-state index in [-0.39, 0.29) is 5.41 Å². The van der Waals surface area contributed by atoms with Crippen molar-refractivity contribution in [1.29, 1.82) is 0 Å². The number of hydrogen-bond acceptors (Lipinski definition) is 1. The molecular formula is C12H22Br2O. The first-order valence-corrected chi connectivity index (χ1v) is 8.06. The van der Waals surface area contributed by atoms with E-state index in [1.54, 1.807) is 0 Å². The SMILES string of the molecule is CC(C)CC(CBr)(CBr)COCC1CC1. The molecular weight excluding hydrogens is 320 g/mol. The van der Waals surface area contributed by atoms with E-state index in [4.69, 9.17) is 4.74 Å². The molecule has 0 atom stereocenters. The number of alkyl halides is 2. The lowest BCUT2D eigenvalue weighted by atomic mass is 9.85. The lowest BCUT2D eigenvalue weighted by Crippen LogP contribution is -2.32. The molecule has 0 heterocycles. The average molecular weight is 342 g/mol. The van der Waals surface area contributed by atoms with Gasteiger partial charge in [-0.2, -0.15) is 0 Å². The summed E-state index contributed by atoms with van der Waals surface area (Å²) in [5, 5.41) is 2.04. The zero-order valence-electron chi connectivity index (χ0n) is 9.77. The average Bonchev–Trinajstić information content (AvgIpc) is 2.99. The molecule has 3 heteroatoms. The Labute approximate surface area is 111 Å². The molecule has 0 amide bonds. The van der Waals surface area contributed by atoms with Gasteiger partial charge < -0.3 is 4.74 Å². The maximum Gasteiger partial charge on any atom is 0.0538 e. The van der Waals surface area contributed by atoms with Gasteiger partial charge in [-0.1, -0.05) is 45.7 Å². The molecule has 0 N–H and O–H groups in total. The van der Waals surface area contributed by atoms with Crippen LogP contribution in [0.3, 0.4) is 0 Å². The highest BCUT2D eigenvalue weighted by Crippen LogP contribution is 2.33. The van der Waals surface area contributed by atoms with E-state index in [2.05, 4.69) is 45.7 Å². The summed E-state index contributed by atoms with van der Waals surface area (Å²) in [5.74, 6) is 1.59. The van der Waals surface area contributed by atoms with Crippen molar-refractivity contribution in [3.05, 3.63) is 0 Å². The topological polar surface area (TPSA) is 9.23 Å². The van der Waals surface area contributed by atoms with Crippen molar-refractivity contribution < 1.29 is 4.74 Å². The molecule has 90 valence electrons. The monoisotopic (exact) mass is 340 g/mol. The van der Waals surface area contributed by atoms with Crippen LogP contribution in [0.15, 0.2) is 0 Å². The molecule has 1 aliphatic rings. The minimum Gasteiger partial charge on any atom is -0.381 e. The highest BCUT2D eigenvalue weighted by atomic mass is 79.9. The zero-order valence-corrected chi connectivity index (χ0v) is 12.9. The number of rotatable bonds is 8. The third-order valence-electron chi connectivity index (χ3n) is 2.87. The van der Waals surface area contributed by atoms with Crippen LogP contribution >= 0.6 is 31.9 Å². The Morgan fingerprint density at radius 1 is 1.27 bits per heavy atom. The molecule has 0 unspecified atom stereocenters.